The van der Waals surface area contributed by atoms with Gasteiger partial charge in [0.15, 0.2) is 0 Å². The van der Waals surface area contributed by atoms with E-state index in [9.17, 15) is 9.59 Å². The smallest absolute Gasteiger partial charge is 0.225 e. The first-order chi connectivity index (χ1) is 6.65. The van der Waals surface area contributed by atoms with Crippen LogP contribution in [0.5, 0.6) is 0 Å². The van der Waals surface area contributed by atoms with Crippen LogP contribution in [0.25, 0.3) is 0 Å². The molecular formula is C9H17N3O2. The topological polar surface area (TPSA) is 61.4 Å². The summed E-state index contributed by atoms with van der Waals surface area (Å²) in [5, 5.41) is 5.75. The van der Waals surface area contributed by atoms with Gasteiger partial charge in [0.1, 0.15) is 0 Å². The minimum atomic E-state index is -0.133. The highest BCUT2D eigenvalue weighted by atomic mass is 16.2. The van der Waals surface area contributed by atoms with Gasteiger partial charge in [-0.25, -0.2) is 0 Å². The number of carbonyl (C=O) groups excluding carboxylic acids is 2. The van der Waals surface area contributed by atoms with Crippen LogP contribution in [-0.2, 0) is 9.59 Å². The molecule has 0 aromatic rings. The zero-order valence-electron chi connectivity index (χ0n) is 8.67. The Labute approximate surface area is 83.8 Å². The van der Waals surface area contributed by atoms with Crippen LogP contribution in [0.2, 0.25) is 0 Å². The van der Waals surface area contributed by atoms with E-state index in [0.717, 1.165) is 6.54 Å². The highest BCUT2D eigenvalue weighted by Gasteiger charge is 2.24. The van der Waals surface area contributed by atoms with E-state index in [2.05, 4.69) is 10.6 Å². The molecule has 1 atom stereocenters. The van der Waals surface area contributed by atoms with Crippen molar-refractivity contribution in [3.63, 3.8) is 0 Å². The minimum Gasteiger partial charge on any atom is -0.359 e. The van der Waals surface area contributed by atoms with Crippen molar-refractivity contribution in [3.8, 4) is 0 Å². The first kappa shape index (κ1) is 11.0. The van der Waals surface area contributed by atoms with Gasteiger partial charge in [0.25, 0.3) is 0 Å². The molecule has 5 heteroatoms. The minimum absolute atomic E-state index is 0.00866. The quantitative estimate of drug-likeness (QED) is 0.557. The fourth-order valence-electron chi connectivity index (χ4n) is 1.58. The number of nitrogens with one attached hydrogen (secondary N) is 2. The Morgan fingerprint density at radius 3 is 2.79 bits per heavy atom. The molecule has 0 saturated carbocycles. The van der Waals surface area contributed by atoms with Gasteiger partial charge in [-0.1, -0.05) is 0 Å². The summed E-state index contributed by atoms with van der Waals surface area (Å²) in [6.45, 7) is 4.13. The van der Waals surface area contributed by atoms with E-state index in [4.69, 9.17) is 0 Å². The number of hydrogen-bond donors (Lipinski definition) is 2. The van der Waals surface area contributed by atoms with Crippen molar-refractivity contribution in [3.05, 3.63) is 0 Å². The molecule has 0 unspecified atom stereocenters. The Bertz CT molecular complexity index is 230. The molecule has 1 aliphatic heterocycles. The maximum atomic E-state index is 11.4. The maximum absolute atomic E-state index is 11.4. The first-order valence-electron chi connectivity index (χ1n) is 4.83. The van der Waals surface area contributed by atoms with Crippen LogP contribution in [0.1, 0.15) is 6.92 Å². The molecule has 0 radical (unpaired) electrons. The summed E-state index contributed by atoms with van der Waals surface area (Å²) in [6, 6.07) is 0. The Morgan fingerprint density at radius 1 is 1.50 bits per heavy atom. The monoisotopic (exact) mass is 199 g/mol. The second kappa shape index (κ2) is 4.95. The standard InChI is InChI=1S/C9H17N3O2/c1-7(13)12-4-3-11-5-8(6-12)9(14)10-2/h8,11H,3-6H2,1-2H3,(H,10,14)/t8-/m0/s1. The Kier molecular flexibility index (Phi) is 3.88. The van der Waals surface area contributed by atoms with Gasteiger partial charge in [-0.2, -0.15) is 0 Å². The van der Waals surface area contributed by atoms with E-state index >= 15 is 0 Å². The van der Waals surface area contributed by atoms with Crippen LogP contribution in [0.4, 0.5) is 0 Å². The van der Waals surface area contributed by atoms with Gasteiger partial charge in [0, 0.05) is 40.2 Å². The zero-order valence-corrected chi connectivity index (χ0v) is 8.67. The van der Waals surface area contributed by atoms with Gasteiger partial charge in [-0.15, -0.1) is 0 Å². The Morgan fingerprint density at radius 2 is 2.21 bits per heavy atom. The molecule has 80 valence electrons. The number of rotatable bonds is 1. The van der Waals surface area contributed by atoms with Crippen molar-refractivity contribution >= 4 is 11.8 Å². The molecule has 2 N–H and O–H groups in total. The average Bonchev–Trinajstić information content (AvgIpc) is 2.41. The molecule has 1 aliphatic rings. The molecular weight excluding hydrogens is 182 g/mol. The van der Waals surface area contributed by atoms with E-state index in [1.54, 1.807) is 11.9 Å². The number of amides is 2. The fourth-order valence-corrected chi connectivity index (χ4v) is 1.58. The van der Waals surface area contributed by atoms with E-state index in [1.807, 2.05) is 0 Å². The van der Waals surface area contributed by atoms with Crippen molar-refractivity contribution in [1.29, 1.82) is 0 Å². The van der Waals surface area contributed by atoms with E-state index < -0.39 is 0 Å². The van der Waals surface area contributed by atoms with Crippen molar-refractivity contribution in [2.24, 2.45) is 5.92 Å². The third-order valence-electron chi connectivity index (χ3n) is 2.45. The third kappa shape index (κ3) is 2.70. The van der Waals surface area contributed by atoms with Gasteiger partial charge in [0.05, 0.1) is 5.92 Å². The summed E-state index contributed by atoms with van der Waals surface area (Å²) < 4.78 is 0. The predicted molar refractivity (Wildman–Crippen MR) is 52.7 cm³/mol. The van der Waals surface area contributed by atoms with Crippen LogP contribution >= 0.6 is 0 Å². The highest BCUT2D eigenvalue weighted by Crippen LogP contribution is 2.03. The summed E-state index contributed by atoms with van der Waals surface area (Å²) in [5.74, 6) is -0.111. The van der Waals surface area contributed by atoms with Crippen molar-refractivity contribution in [1.82, 2.24) is 15.5 Å². The lowest BCUT2D eigenvalue weighted by molar-refractivity contribution is -0.130. The molecule has 14 heavy (non-hydrogen) atoms. The van der Waals surface area contributed by atoms with Gasteiger partial charge >= 0.3 is 0 Å². The lowest BCUT2D eigenvalue weighted by Gasteiger charge is -2.21. The number of hydrogen-bond acceptors (Lipinski definition) is 3. The zero-order chi connectivity index (χ0) is 10.6. The molecule has 0 spiro atoms. The lowest BCUT2D eigenvalue weighted by Crippen LogP contribution is -2.40. The van der Waals surface area contributed by atoms with Crippen molar-refractivity contribution in [2.75, 3.05) is 33.2 Å². The van der Waals surface area contributed by atoms with Gasteiger partial charge in [0.2, 0.25) is 11.8 Å². The Balaban J connectivity index is 2.59. The van der Waals surface area contributed by atoms with Crippen LogP contribution in [0.3, 0.4) is 0 Å². The largest absolute Gasteiger partial charge is 0.359 e. The van der Waals surface area contributed by atoms with Crippen LogP contribution in [-0.4, -0.2) is 49.9 Å². The molecule has 0 aliphatic carbocycles. The number of nitrogens with zero attached hydrogens (tertiary/aromatic N) is 1. The predicted octanol–water partition coefficient (Wildman–Crippen LogP) is -1.20. The fraction of sp³-hybridized carbons (Fsp3) is 0.778. The lowest BCUT2D eigenvalue weighted by atomic mass is 10.1. The van der Waals surface area contributed by atoms with Gasteiger partial charge < -0.3 is 15.5 Å². The number of carbonyl (C=O) groups is 2. The van der Waals surface area contributed by atoms with E-state index in [-0.39, 0.29) is 17.7 Å². The molecule has 0 aromatic carbocycles. The second-order valence-electron chi connectivity index (χ2n) is 3.48. The van der Waals surface area contributed by atoms with Crippen LogP contribution < -0.4 is 10.6 Å². The first-order valence-corrected chi connectivity index (χ1v) is 4.83. The van der Waals surface area contributed by atoms with Crippen molar-refractivity contribution in [2.45, 2.75) is 6.92 Å². The molecule has 1 saturated heterocycles. The van der Waals surface area contributed by atoms with Crippen LogP contribution in [0, 0.1) is 5.92 Å². The second-order valence-corrected chi connectivity index (χ2v) is 3.48. The molecule has 1 fully saturated rings. The Hall–Kier alpha value is -1.10. The summed E-state index contributed by atoms with van der Waals surface area (Å²) in [7, 11) is 1.62. The normalized spacial score (nSPS) is 22.7. The van der Waals surface area contributed by atoms with Gasteiger partial charge in [-0.3, -0.25) is 9.59 Å². The summed E-state index contributed by atoms with van der Waals surface area (Å²) in [6.07, 6.45) is 0. The molecule has 0 aromatic heterocycles. The SMILES string of the molecule is CNC(=O)[C@H]1CNCCN(C(C)=O)C1. The molecule has 2 amide bonds. The average molecular weight is 199 g/mol. The molecule has 5 nitrogen and oxygen atoms in total. The maximum Gasteiger partial charge on any atom is 0.225 e. The highest BCUT2D eigenvalue weighted by molar-refractivity contribution is 5.80. The van der Waals surface area contributed by atoms with E-state index in [1.165, 1.54) is 6.92 Å². The van der Waals surface area contributed by atoms with Crippen molar-refractivity contribution < 1.29 is 9.59 Å². The molecule has 1 rings (SSSR count). The van der Waals surface area contributed by atoms with Gasteiger partial charge in [-0.05, 0) is 0 Å². The summed E-state index contributed by atoms with van der Waals surface area (Å²) in [4.78, 5) is 24.3. The summed E-state index contributed by atoms with van der Waals surface area (Å²) >= 11 is 0. The van der Waals surface area contributed by atoms with Crippen LogP contribution in [0.15, 0.2) is 0 Å². The molecule has 0 bridgehead atoms. The summed E-state index contributed by atoms with van der Waals surface area (Å²) in [5.41, 5.74) is 0. The third-order valence-corrected chi connectivity index (χ3v) is 2.45. The molecule has 1 heterocycles. The van der Waals surface area contributed by atoms with E-state index in [0.29, 0.717) is 19.6 Å².